The number of hydrogen-bond donors (Lipinski definition) is 1. The molecule has 0 fully saturated rings. The highest BCUT2D eigenvalue weighted by atomic mass is 35.5. The normalized spacial score (nSPS) is 16.8. The van der Waals surface area contributed by atoms with Crippen LogP contribution >= 0.6 is 11.6 Å². The van der Waals surface area contributed by atoms with Crippen LogP contribution in [0.2, 0.25) is 0 Å². The SMILES string of the molecule is Cc1cc(C#CCl)cc(C)c1C1=C(O)C(Cc2ccccn2)CC1=O. The van der Waals surface area contributed by atoms with E-state index in [4.69, 9.17) is 11.6 Å². The van der Waals surface area contributed by atoms with Gasteiger partial charge in [0.2, 0.25) is 0 Å². The monoisotopic (exact) mass is 351 g/mol. The van der Waals surface area contributed by atoms with Crippen LogP contribution in [-0.2, 0) is 11.2 Å². The molecule has 0 spiro atoms. The second kappa shape index (κ2) is 7.13. The molecule has 1 N–H and O–H groups in total. The predicted molar refractivity (Wildman–Crippen MR) is 99.3 cm³/mol. The van der Waals surface area contributed by atoms with Crippen molar-refractivity contribution in [2.45, 2.75) is 26.7 Å². The second-order valence-corrected chi connectivity index (χ2v) is 6.50. The van der Waals surface area contributed by atoms with Crippen molar-refractivity contribution in [2.24, 2.45) is 5.92 Å². The fourth-order valence-corrected chi connectivity index (χ4v) is 3.57. The van der Waals surface area contributed by atoms with Crippen LogP contribution in [0.4, 0.5) is 0 Å². The van der Waals surface area contributed by atoms with Crippen LogP contribution in [0.5, 0.6) is 0 Å². The Labute approximate surface area is 152 Å². The summed E-state index contributed by atoms with van der Waals surface area (Å²) in [6, 6.07) is 9.44. The minimum atomic E-state index is -0.224. The van der Waals surface area contributed by atoms with E-state index in [9.17, 15) is 9.90 Å². The molecule has 1 aliphatic rings. The molecule has 4 heteroatoms. The maximum atomic E-state index is 12.6. The van der Waals surface area contributed by atoms with Crippen LogP contribution in [0.3, 0.4) is 0 Å². The lowest BCUT2D eigenvalue weighted by atomic mass is 9.92. The van der Waals surface area contributed by atoms with Gasteiger partial charge in [-0.05, 0) is 78.7 Å². The molecule has 1 atom stereocenters. The van der Waals surface area contributed by atoms with E-state index < -0.39 is 0 Å². The summed E-state index contributed by atoms with van der Waals surface area (Å²) in [7, 11) is 0. The number of hydrogen-bond acceptors (Lipinski definition) is 3. The summed E-state index contributed by atoms with van der Waals surface area (Å²) in [6.45, 7) is 3.84. The summed E-state index contributed by atoms with van der Waals surface area (Å²) < 4.78 is 0. The molecule has 3 nitrogen and oxygen atoms in total. The number of aryl methyl sites for hydroxylation is 2. The van der Waals surface area contributed by atoms with Crippen LogP contribution < -0.4 is 0 Å². The van der Waals surface area contributed by atoms with Crippen molar-refractivity contribution in [1.82, 2.24) is 4.98 Å². The van der Waals surface area contributed by atoms with Gasteiger partial charge < -0.3 is 5.11 Å². The van der Waals surface area contributed by atoms with Gasteiger partial charge in [0.05, 0.1) is 5.57 Å². The van der Waals surface area contributed by atoms with Gasteiger partial charge in [-0.2, -0.15) is 0 Å². The van der Waals surface area contributed by atoms with Crippen LogP contribution in [0, 0.1) is 31.1 Å². The summed E-state index contributed by atoms with van der Waals surface area (Å²) in [6.07, 6.45) is 2.58. The van der Waals surface area contributed by atoms with Crippen molar-refractivity contribution in [2.75, 3.05) is 0 Å². The molecule has 1 heterocycles. The third kappa shape index (κ3) is 3.45. The Morgan fingerprint density at radius 3 is 2.60 bits per heavy atom. The highest BCUT2D eigenvalue weighted by molar-refractivity contribution is 6.30. The Morgan fingerprint density at radius 1 is 1.28 bits per heavy atom. The fraction of sp³-hybridized carbons (Fsp3) is 0.238. The van der Waals surface area contributed by atoms with E-state index >= 15 is 0 Å². The van der Waals surface area contributed by atoms with Gasteiger partial charge in [-0.1, -0.05) is 6.07 Å². The lowest BCUT2D eigenvalue weighted by Gasteiger charge is -2.12. The molecule has 1 unspecified atom stereocenters. The Morgan fingerprint density at radius 2 is 2.00 bits per heavy atom. The lowest BCUT2D eigenvalue weighted by Crippen LogP contribution is -2.06. The lowest BCUT2D eigenvalue weighted by molar-refractivity contribution is -0.113. The van der Waals surface area contributed by atoms with Gasteiger partial charge in [0.1, 0.15) is 5.76 Å². The number of rotatable bonds is 3. The molecule has 0 saturated carbocycles. The predicted octanol–water partition coefficient (Wildman–Crippen LogP) is 4.35. The van der Waals surface area contributed by atoms with Gasteiger partial charge in [-0.15, -0.1) is 0 Å². The molecule has 0 amide bonds. The molecule has 1 aliphatic carbocycles. The molecule has 126 valence electrons. The van der Waals surface area contributed by atoms with Crippen LogP contribution in [0.25, 0.3) is 5.57 Å². The molecular formula is C21H18ClNO2. The van der Waals surface area contributed by atoms with Crippen molar-refractivity contribution in [3.63, 3.8) is 0 Å². The first-order valence-corrected chi connectivity index (χ1v) is 8.48. The van der Waals surface area contributed by atoms with E-state index in [0.29, 0.717) is 18.4 Å². The van der Waals surface area contributed by atoms with Crippen molar-refractivity contribution in [3.05, 3.63) is 70.2 Å². The van der Waals surface area contributed by atoms with Crippen molar-refractivity contribution in [3.8, 4) is 11.3 Å². The zero-order valence-electron chi connectivity index (χ0n) is 14.1. The highest BCUT2D eigenvalue weighted by Crippen LogP contribution is 2.38. The Kier molecular flexibility index (Phi) is 4.92. The number of carbonyl (C=O) groups is 1. The van der Waals surface area contributed by atoms with E-state index in [1.165, 1.54) is 0 Å². The van der Waals surface area contributed by atoms with E-state index in [-0.39, 0.29) is 17.5 Å². The number of allylic oxidation sites excluding steroid dienone is 2. The second-order valence-electron chi connectivity index (χ2n) is 6.31. The van der Waals surface area contributed by atoms with Gasteiger partial charge >= 0.3 is 0 Å². The van der Waals surface area contributed by atoms with Gasteiger partial charge in [-0.3, -0.25) is 9.78 Å². The number of aliphatic hydroxyl groups is 1. The van der Waals surface area contributed by atoms with Gasteiger partial charge in [0.15, 0.2) is 5.78 Å². The number of Topliss-reactive ketones (excluding diaryl/α,β-unsaturated/α-hetero) is 1. The zero-order chi connectivity index (χ0) is 18.0. The average Bonchev–Trinajstić information content (AvgIpc) is 2.83. The maximum Gasteiger partial charge on any atom is 0.167 e. The van der Waals surface area contributed by atoms with Crippen LogP contribution in [0.1, 0.15) is 34.4 Å². The number of benzene rings is 1. The first-order valence-electron chi connectivity index (χ1n) is 8.10. The standard InChI is InChI=1S/C21H18ClNO2/c1-13-9-15(6-7-22)10-14(2)19(13)20-18(24)12-16(21(20)25)11-17-5-3-4-8-23-17/h3-5,8-10,16,25H,11-12H2,1-2H3. The smallest absolute Gasteiger partial charge is 0.167 e. The topological polar surface area (TPSA) is 50.2 Å². The number of halogens is 1. The third-order valence-corrected chi connectivity index (χ3v) is 4.60. The van der Waals surface area contributed by atoms with Crippen LogP contribution in [-0.4, -0.2) is 15.9 Å². The van der Waals surface area contributed by atoms with E-state index in [1.807, 2.05) is 44.2 Å². The number of aromatic nitrogens is 1. The molecule has 1 aromatic heterocycles. The van der Waals surface area contributed by atoms with Gasteiger partial charge in [0.25, 0.3) is 0 Å². The molecule has 0 saturated heterocycles. The maximum absolute atomic E-state index is 12.6. The molecule has 0 aliphatic heterocycles. The summed E-state index contributed by atoms with van der Waals surface area (Å²) in [5.41, 5.74) is 4.71. The molecule has 3 rings (SSSR count). The van der Waals surface area contributed by atoms with E-state index in [0.717, 1.165) is 27.9 Å². The van der Waals surface area contributed by atoms with Crippen molar-refractivity contribution < 1.29 is 9.90 Å². The Bertz CT molecular complexity index is 897. The number of ketones is 1. The Hall–Kier alpha value is -2.57. The average molecular weight is 352 g/mol. The number of nitrogens with zero attached hydrogens (tertiary/aromatic N) is 1. The number of carbonyl (C=O) groups excluding carboxylic acids is 1. The first-order chi connectivity index (χ1) is 12.0. The molecular weight excluding hydrogens is 334 g/mol. The first kappa shape index (κ1) is 17.3. The minimum absolute atomic E-state index is 0.0270. The Balaban J connectivity index is 2.00. The number of pyridine rings is 1. The van der Waals surface area contributed by atoms with Gasteiger partial charge in [0, 0.05) is 35.2 Å². The van der Waals surface area contributed by atoms with Crippen molar-refractivity contribution in [1.29, 1.82) is 0 Å². The summed E-state index contributed by atoms with van der Waals surface area (Å²) in [4.78, 5) is 16.9. The summed E-state index contributed by atoms with van der Waals surface area (Å²) in [5, 5.41) is 13.1. The van der Waals surface area contributed by atoms with Crippen LogP contribution in [0.15, 0.2) is 42.3 Å². The molecule has 0 bridgehead atoms. The molecule has 2 aromatic rings. The van der Waals surface area contributed by atoms with Crippen molar-refractivity contribution >= 4 is 23.0 Å². The zero-order valence-corrected chi connectivity index (χ0v) is 14.9. The molecule has 0 radical (unpaired) electrons. The van der Waals surface area contributed by atoms with Gasteiger partial charge in [-0.25, -0.2) is 0 Å². The summed E-state index contributed by atoms with van der Waals surface area (Å²) in [5.74, 6) is 2.73. The largest absolute Gasteiger partial charge is 0.511 e. The molecule has 25 heavy (non-hydrogen) atoms. The minimum Gasteiger partial charge on any atom is -0.511 e. The number of aliphatic hydroxyl groups excluding tert-OH is 1. The summed E-state index contributed by atoms with van der Waals surface area (Å²) >= 11 is 5.48. The quantitative estimate of drug-likeness (QED) is 0.836. The third-order valence-electron chi connectivity index (χ3n) is 4.51. The highest BCUT2D eigenvalue weighted by Gasteiger charge is 2.34. The fourth-order valence-electron chi connectivity index (χ4n) is 3.46. The van der Waals surface area contributed by atoms with E-state index in [1.54, 1.807) is 6.20 Å². The van der Waals surface area contributed by atoms with E-state index in [2.05, 4.69) is 16.3 Å². The molecule has 1 aromatic carbocycles.